The van der Waals surface area contributed by atoms with Crippen molar-refractivity contribution in [1.82, 2.24) is 0 Å². The van der Waals surface area contributed by atoms with Crippen LogP contribution in [0.2, 0.25) is 0 Å². The van der Waals surface area contributed by atoms with E-state index >= 15 is 0 Å². The fourth-order valence-electron chi connectivity index (χ4n) is 5.18. The van der Waals surface area contributed by atoms with Crippen molar-refractivity contribution in [2.24, 2.45) is 0 Å². The zero-order valence-corrected chi connectivity index (χ0v) is 20.0. The van der Waals surface area contributed by atoms with E-state index < -0.39 is 0 Å². The lowest BCUT2D eigenvalue weighted by Crippen LogP contribution is -2.34. The van der Waals surface area contributed by atoms with Crippen molar-refractivity contribution >= 4 is 0 Å². The molecule has 2 heterocycles. The lowest BCUT2D eigenvalue weighted by atomic mass is 9.93. The van der Waals surface area contributed by atoms with Gasteiger partial charge in [-0.05, 0) is 88.2 Å². The molecule has 2 heteroatoms. The highest BCUT2D eigenvalue weighted by Gasteiger charge is 2.14. The molecule has 0 aromatic carbocycles. The summed E-state index contributed by atoms with van der Waals surface area (Å²) in [4.78, 5) is 0. The third kappa shape index (κ3) is 7.15. The standard InChI is InChI=1S/C30H42N2/c1(3-5-7-13-21-31-23-19-27-15-9-11-17-29(27)25-31)2-4-6-8-14-22-32-24-20-28-16-10-12-18-30(28)26-32/h1-4,19-20,23-26H,5-18,21-22H2/q+2. The van der Waals surface area contributed by atoms with E-state index in [0.29, 0.717) is 0 Å². The van der Waals surface area contributed by atoms with Crippen LogP contribution in [0.5, 0.6) is 0 Å². The first-order chi connectivity index (χ1) is 15.9. The average molecular weight is 431 g/mol. The molecule has 170 valence electrons. The van der Waals surface area contributed by atoms with Gasteiger partial charge in [-0.3, -0.25) is 0 Å². The summed E-state index contributed by atoms with van der Waals surface area (Å²) in [7, 11) is 0. The largest absolute Gasteiger partial charge is 0.205 e. The summed E-state index contributed by atoms with van der Waals surface area (Å²) in [5.41, 5.74) is 6.34. The Morgan fingerprint density at radius 3 is 1.47 bits per heavy atom. The van der Waals surface area contributed by atoms with E-state index in [9.17, 15) is 0 Å². The van der Waals surface area contributed by atoms with Crippen LogP contribution in [0.4, 0.5) is 0 Å². The Balaban J connectivity index is 1.03. The zero-order chi connectivity index (χ0) is 21.8. The van der Waals surface area contributed by atoms with Crippen LogP contribution in [0.25, 0.3) is 0 Å². The molecule has 0 radical (unpaired) electrons. The van der Waals surface area contributed by atoms with E-state index in [1.165, 1.54) is 89.9 Å². The maximum atomic E-state index is 2.40. The summed E-state index contributed by atoms with van der Waals surface area (Å²) in [6.07, 6.45) is 36.5. The van der Waals surface area contributed by atoms with E-state index in [2.05, 4.69) is 70.4 Å². The fourth-order valence-corrected chi connectivity index (χ4v) is 5.18. The summed E-state index contributed by atoms with van der Waals surface area (Å²) in [5.74, 6) is 0. The minimum atomic E-state index is 1.15. The van der Waals surface area contributed by atoms with E-state index in [0.717, 1.165) is 13.1 Å². The number of nitrogens with zero attached hydrogens (tertiary/aromatic N) is 2. The number of rotatable bonds is 11. The predicted molar refractivity (Wildman–Crippen MR) is 133 cm³/mol. The maximum Gasteiger partial charge on any atom is 0.172 e. The van der Waals surface area contributed by atoms with Crippen molar-refractivity contribution in [2.75, 3.05) is 0 Å². The normalized spacial score (nSPS) is 15.9. The first-order valence-electron chi connectivity index (χ1n) is 13.2. The summed E-state index contributed by atoms with van der Waals surface area (Å²) in [6, 6.07) is 4.70. The summed E-state index contributed by atoms with van der Waals surface area (Å²) < 4.78 is 4.80. The first-order valence-corrected chi connectivity index (χ1v) is 13.2. The van der Waals surface area contributed by atoms with Crippen molar-refractivity contribution in [3.63, 3.8) is 0 Å². The number of pyridine rings is 2. The van der Waals surface area contributed by atoms with E-state index in [1.807, 2.05) is 0 Å². The molecule has 2 aromatic heterocycles. The van der Waals surface area contributed by atoms with Crippen molar-refractivity contribution in [1.29, 1.82) is 0 Å². The molecule has 0 saturated heterocycles. The van der Waals surface area contributed by atoms with Gasteiger partial charge >= 0.3 is 0 Å². The molecule has 0 fully saturated rings. The van der Waals surface area contributed by atoms with E-state index in [1.54, 1.807) is 22.3 Å². The highest BCUT2D eigenvalue weighted by atomic mass is 14.9. The molecule has 4 rings (SSSR count). The van der Waals surface area contributed by atoms with Crippen molar-refractivity contribution in [3.8, 4) is 0 Å². The van der Waals surface area contributed by atoms with Gasteiger partial charge in [0.1, 0.15) is 13.1 Å². The molecule has 0 bridgehead atoms. The lowest BCUT2D eigenvalue weighted by Gasteiger charge is -2.13. The summed E-state index contributed by atoms with van der Waals surface area (Å²) >= 11 is 0. The van der Waals surface area contributed by atoms with E-state index in [4.69, 9.17) is 0 Å². The van der Waals surface area contributed by atoms with Gasteiger partial charge in [-0.2, -0.15) is 0 Å². The number of fused-ring (bicyclic) bond motifs is 2. The Hall–Kier alpha value is -2.22. The van der Waals surface area contributed by atoms with Crippen LogP contribution >= 0.6 is 0 Å². The van der Waals surface area contributed by atoms with Crippen LogP contribution < -0.4 is 9.13 Å². The molecule has 0 saturated carbocycles. The number of aryl methyl sites for hydroxylation is 6. The van der Waals surface area contributed by atoms with Gasteiger partial charge in [-0.15, -0.1) is 0 Å². The van der Waals surface area contributed by atoms with Crippen molar-refractivity contribution in [2.45, 2.75) is 103 Å². The van der Waals surface area contributed by atoms with Crippen LogP contribution in [0.15, 0.2) is 61.2 Å². The highest BCUT2D eigenvalue weighted by molar-refractivity contribution is 5.24. The van der Waals surface area contributed by atoms with Gasteiger partial charge in [-0.25, -0.2) is 9.13 Å². The number of allylic oxidation sites excluding steroid dienone is 4. The number of hydrogen-bond donors (Lipinski definition) is 0. The summed E-state index contributed by atoms with van der Waals surface area (Å²) in [6.45, 7) is 2.30. The van der Waals surface area contributed by atoms with Gasteiger partial charge in [0.05, 0.1) is 0 Å². The third-order valence-corrected chi connectivity index (χ3v) is 7.14. The molecule has 0 unspecified atom stereocenters. The highest BCUT2D eigenvalue weighted by Crippen LogP contribution is 2.19. The van der Waals surface area contributed by atoms with Crippen LogP contribution in [-0.4, -0.2) is 0 Å². The van der Waals surface area contributed by atoms with Crippen molar-refractivity contribution in [3.05, 3.63) is 83.5 Å². The zero-order valence-electron chi connectivity index (χ0n) is 20.0. The predicted octanol–water partition coefficient (Wildman–Crippen LogP) is 6.17. The second-order valence-corrected chi connectivity index (χ2v) is 9.73. The number of aromatic nitrogens is 2. The SMILES string of the molecule is C(C=CCCCC[n+]1ccc2c(c1)CCCC2)=CCCCC[n+]1ccc2c(c1)CCCC2. The molecule has 2 aliphatic rings. The Kier molecular flexibility index (Phi) is 9.13. The quantitative estimate of drug-likeness (QED) is 0.229. The van der Waals surface area contributed by atoms with Gasteiger partial charge in [0.15, 0.2) is 24.8 Å². The molecule has 0 N–H and O–H groups in total. The molecular weight excluding hydrogens is 388 g/mol. The van der Waals surface area contributed by atoms with Crippen LogP contribution in [-0.2, 0) is 38.8 Å². The van der Waals surface area contributed by atoms with Crippen molar-refractivity contribution < 1.29 is 9.13 Å². The van der Waals surface area contributed by atoms with Crippen LogP contribution in [0.3, 0.4) is 0 Å². The molecule has 0 atom stereocenters. The van der Waals surface area contributed by atoms with Crippen LogP contribution in [0.1, 0.15) is 86.5 Å². The minimum Gasteiger partial charge on any atom is -0.205 e. The second-order valence-electron chi connectivity index (χ2n) is 9.73. The smallest absolute Gasteiger partial charge is 0.172 e. The molecule has 2 nitrogen and oxygen atoms in total. The molecule has 2 aromatic rings. The minimum absolute atomic E-state index is 1.15. The maximum absolute atomic E-state index is 2.40. The third-order valence-electron chi connectivity index (χ3n) is 7.14. The molecular formula is C30H42N2+2. The molecule has 0 aliphatic heterocycles. The van der Waals surface area contributed by atoms with Gasteiger partial charge < -0.3 is 0 Å². The Morgan fingerprint density at radius 1 is 0.562 bits per heavy atom. The molecule has 0 spiro atoms. The first kappa shape index (κ1) is 23.0. The molecule has 32 heavy (non-hydrogen) atoms. The second kappa shape index (κ2) is 12.7. The lowest BCUT2D eigenvalue weighted by molar-refractivity contribution is -0.698. The fraction of sp³-hybridized carbons (Fsp3) is 0.533. The number of unbranched alkanes of at least 4 members (excludes halogenated alkanes) is 4. The average Bonchev–Trinajstić information content (AvgIpc) is 2.84. The number of hydrogen-bond acceptors (Lipinski definition) is 0. The Labute approximate surface area is 195 Å². The van der Waals surface area contributed by atoms with Gasteiger partial charge in [0.2, 0.25) is 0 Å². The Bertz CT molecular complexity index is 834. The topological polar surface area (TPSA) is 7.76 Å². The monoisotopic (exact) mass is 430 g/mol. The summed E-state index contributed by atoms with van der Waals surface area (Å²) in [5, 5.41) is 0. The van der Waals surface area contributed by atoms with Crippen LogP contribution in [0, 0.1) is 0 Å². The molecule has 0 amide bonds. The molecule has 2 aliphatic carbocycles. The van der Waals surface area contributed by atoms with Gasteiger partial charge in [0.25, 0.3) is 0 Å². The van der Waals surface area contributed by atoms with Gasteiger partial charge in [-0.1, -0.05) is 24.3 Å². The Morgan fingerprint density at radius 2 is 1.00 bits per heavy atom. The van der Waals surface area contributed by atoms with E-state index in [-0.39, 0.29) is 0 Å². The van der Waals surface area contributed by atoms with Gasteiger partial charge in [0, 0.05) is 36.1 Å².